The van der Waals surface area contributed by atoms with Crippen LogP contribution in [-0.2, 0) is 0 Å². The first kappa shape index (κ1) is 13.5. The number of anilines is 1. The van der Waals surface area contributed by atoms with Crippen molar-refractivity contribution in [2.45, 2.75) is 19.4 Å². The van der Waals surface area contributed by atoms with Crippen LogP contribution in [0.15, 0.2) is 18.5 Å². The number of nitrogens with one attached hydrogen (secondary N) is 1. The Kier molecular flexibility index (Phi) is 3.53. The van der Waals surface area contributed by atoms with Crippen LogP contribution in [-0.4, -0.2) is 29.2 Å². The molecular weight excluding hydrogens is 247 g/mol. The molecule has 3 N–H and O–H groups in total. The van der Waals surface area contributed by atoms with Crippen LogP contribution in [0.4, 0.5) is 10.2 Å². The van der Waals surface area contributed by atoms with Gasteiger partial charge in [-0.2, -0.15) is 0 Å². The van der Waals surface area contributed by atoms with Crippen molar-refractivity contribution in [1.29, 1.82) is 0 Å². The Labute approximate surface area is 111 Å². The quantitative estimate of drug-likeness (QED) is 0.882. The van der Waals surface area contributed by atoms with Crippen molar-refractivity contribution in [3.05, 3.63) is 24.3 Å². The molecule has 0 aliphatic rings. The lowest BCUT2D eigenvalue weighted by atomic mass is 10.1. The number of aromatic nitrogens is 2. The van der Waals surface area contributed by atoms with Crippen LogP contribution >= 0.6 is 0 Å². The van der Waals surface area contributed by atoms with Crippen LogP contribution in [0.3, 0.4) is 0 Å². The van der Waals surface area contributed by atoms with E-state index in [1.54, 1.807) is 12.1 Å². The van der Waals surface area contributed by atoms with E-state index in [9.17, 15) is 4.39 Å². The first-order valence-corrected chi connectivity index (χ1v) is 5.92. The van der Waals surface area contributed by atoms with Crippen molar-refractivity contribution in [1.82, 2.24) is 9.97 Å². The molecular formula is C13H17FN4O. The highest BCUT2D eigenvalue weighted by atomic mass is 19.1. The van der Waals surface area contributed by atoms with Gasteiger partial charge in [-0.15, -0.1) is 0 Å². The molecule has 0 aliphatic carbocycles. The van der Waals surface area contributed by atoms with E-state index in [2.05, 4.69) is 15.3 Å². The second-order valence-corrected chi connectivity index (χ2v) is 5.04. The summed E-state index contributed by atoms with van der Waals surface area (Å²) in [7, 11) is 1.42. The number of hydrogen-bond donors (Lipinski definition) is 2. The zero-order valence-corrected chi connectivity index (χ0v) is 11.2. The van der Waals surface area contributed by atoms with Crippen LogP contribution < -0.4 is 15.8 Å². The minimum atomic E-state index is -0.488. The number of halogens is 1. The van der Waals surface area contributed by atoms with Crippen molar-refractivity contribution in [2.75, 3.05) is 19.0 Å². The molecule has 1 heterocycles. The van der Waals surface area contributed by atoms with Crippen LogP contribution in [0, 0.1) is 5.82 Å². The van der Waals surface area contributed by atoms with Crippen LogP contribution in [0.5, 0.6) is 5.75 Å². The van der Waals surface area contributed by atoms with Crippen molar-refractivity contribution in [3.63, 3.8) is 0 Å². The predicted molar refractivity (Wildman–Crippen MR) is 72.8 cm³/mol. The molecule has 1 aromatic heterocycles. The highest BCUT2D eigenvalue weighted by Crippen LogP contribution is 2.27. The van der Waals surface area contributed by atoms with E-state index in [0.717, 1.165) is 0 Å². The van der Waals surface area contributed by atoms with Gasteiger partial charge in [-0.05, 0) is 26.0 Å². The minimum absolute atomic E-state index is 0.163. The Morgan fingerprint density at radius 3 is 2.74 bits per heavy atom. The topological polar surface area (TPSA) is 73.1 Å². The summed E-state index contributed by atoms with van der Waals surface area (Å²) in [4.78, 5) is 8.08. The van der Waals surface area contributed by atoms with E-state index < -0.39 is 5.82 Å². The van der Waals surface area contributed by atoms with Crippen molar-refractivity contribution in [3.8, 4) is 5.75 Å². The summed E-state index contributed by atoms with van der Waals surface area (Å²) in [6.45, 7) is 4.31. The van der Waals surface area contributed by atoms with E-state index in [1.165, 1.54) is 13.4 Å². The van der Waals surface area contributed by atoms with Gasteiger partial charge < -0.3 is 15.8 Å². The molecule has 0 fully saturated rings. The van der Waals surface area contributed by atoms with E-state index in [4.69, 9.17) is 10.5 Å². The van der Waals surface area contributed by atoms with Gasteiger partial charge in [0.1, 0.15) is 17.7 Å². The Bertz CT molecular complexity index is 595. The highest BCUT2D eigenvalue weighted by Gasteiger charge is 2.15. The number of hydrogen-bond acceptors (Lipinski definition) is 5. The average Bonchev–Trinajstić information content (AvgIpc) is 2.36. The fourth-order valence-electron chi connectivity index (χ4n) is 1.69. The normalized spacial score (nSPS) is 11.6. The molecule has 1 aromatic carbocycles. The number of benzene rings is 1. The second-order valence-electron chi connectivity index (χ2n) is 5.04. The average molecular weight is 264 g/mol. The zero-order chi connectivity index (χ0) is 14.0. The molecule has 0 saturated carbocycles. The lowest BCUT2D eigenvalue weighted by molar-refractivity contribution is 0.388. The maximum absolute atomic E-state index is 14.1. The molecule has 0 spiro atoms. The molecule has 19 heavy (non-hydrogen) atoms. The van der Waals surface area contributed by atoms with Crippen LogP contribution in [0.25, 0.3) is 10.9 Å². The summed E-state index contributed by atoms with van der Waals surface area (Å²) in [5.74, 6) is 0.235. The smallest absolute Gasteiger partial charge is 0.191 e. The monoisotopic (exact) mass is 264 g/mol. The first-order valence-electron chi connectivity index (χ1n) is 5.92. The number of nitrogens with two attached hydrogens (primary N) is 1. The summed E-state index contributed by atoms with van der Waals surface area (Å²) in [5.41, 5.74) is 5.74. The summed E-state index contributed by atoms with van der Waals surface area (Å²) in [6, 6.07) is 3.28. The van der Waals surface area contributed by atoms with Gasteiger partial charge in [-0.25, -0.2) is 14.4 Å². The summed E-state index contributed by atoms with van der Waals surface area (Å²) < 4.78 is 19.0. The van der Waals surface area contributed by atoms with Crippen molar-refractivity contribution >= 4 is 16.7 Å². The first-order chi connectivity index (χ1) is 8.92. The molecule has 0 unspecified atom stereocenters. The van der Waals surface area contributed by atoms with Crippen molar-refractivity contribution in [2.24, 2.45) is 5.73 Å². The highest BCUT2D eigenvalue weighted by molar-refractivity contribution is 5.90. The van der Waals surface area contributed by atoms with Crippen molar-refractivity contribution < 1.29 is 9.13 Å². The standard InChI is InChI=1S/C13H17FN4O/c1-13(2,15)6-16-12-8-4-5-9(19-3)10(14)11(8)17-7-18-12/h4-5,7H,6,15H2,1-3H3,(H,16,17,18). The molecule has 6 heteroatoms. The molecule has 2 aromatic rings. The zero-order valence-electron chi connectivity index (χ0n) is 11.2. The van der Waals surface area contributed by atoms with Gasteiger partial charge in [0.05, 0.1) is 7.11 Å². The van der Waals surface area contributed by atoms with Gasteiger partial charge in [0.25, 0.3) is 0 Å². The summed E-state index contributed by atoms with van der Waals surface area (Å²) in [6.07, 6.45) is 1.32. The third-order valence-electron chi connectivity index (χ3n) is 2.64. The molecule has 2 rings (SSSR count). The summed E-state index contributed by atoms with van der Waals surface area (Å²) in [5, 5.41) is 3.71. The third-order valence-corrected chi connectivity index (χ3v) is 2.64. The van der Waals surface area contributed by atoms with Gasteiger partial charge in [-0.3, -0.25) is 0 Å². The maximum Gasteiger partial charge on any atom is 0.191 e. The number of methoxy groups -OCH3 is 1. The molecule has 0 radical (unpaired) electrons. The van der Waals surface area contributed by atoms with Crippen LogP contribution in [0.1, 0.15) is 13.8 Å². The van der Waals surface area contributed by atoms with E-state index >= 15 is 0 Å². The Morgan fingerprint density at radius 2 is 2.11 bits per heavy atom. The molecule has 0 atom stereocenters. The minimum Gasteiger partial charge on any atom is -0.494 e. The largest absolute Gasteiger partial charge is 0.494 e. The molecule has 0 saturated heterocycles. The van der Waals surface area contributed by atoms with E-state index in [0.29, 0.717) is 17.7 Å². The number of ether oxygens (including phenoxy) is 1. The second kappa shape index (κ2) is 4.97. The van der Waals surface area contributed by atoms with E-state index in [1.807, 2.05) is 13.8 Å². The number of fused-ring (bicyclic) bond motifs is 1. The lowest BCUT2D eigenvalue weighted by Gasteiger charge is -2.20. The molecule has 102 valence electrons. The third kappa shape index (κ3) is 2.90. The fourth-order valence-corrected chi connectivity index (χ4v) is 1.69. The summed E-state index contributed by atoms with van der Waals surface area (Å²) >= 11 is 0. The SMILES string of the molecule is COc1ccc2c(NCC(C)(C)N)ncnc2c1F. The van der Waals surface area contributed by atoms with Gasteiger partial charge in [-0.1, -0.05) is 0 Å². The predicted octanol–water partition coefficient (Wildman–Crippen LogP) is 1.93. The van der Waals surface area contributed by atoms with Gasteiger partial charge in [0.15, 0.2) is 11.6 Å². The Morgan fingerprint density at radius 1 is 1.37 bits per heavy atom. The number of rotatable bonds is 4. The van der Waals surface area contributed by atoms with Gasteiger partial charge >= 0.3 is 0 Å². The molecule has 0 amide bonds. The molecule has 5 nitrogen and oxygen atoms in total. The van der Waals surface area contributed by atoms with Gasteiger partial charge in [0.2, 0.25) is 0 Å². The lowest BCUT2D eigenvalue weighted by Crippen LogP contribution is -2.39. The Balaban J connectivity index is 2.44. The Hall–Kier alpha value is -1.95. The number of nitrogens with zero attached hydrogens (tertiary/aromatic N) is 2. The van der Waals surface area contributed by atoms with E-state index in [-0.39, 0.29) is 16.8 Å². The van der Waals surface area contributed by atoms with Crippen LogP contribution in [0.2, 0.25) is 0 Å². The van der Waals surface area contributed by atoms with Gasteiger partial charge in [0, 0.05) is 17.5 Å². The molecule has 0 aliphatic heterocycles. The molecule has 0 bridgehead atoms. The fraction of sp³-hybridized carbons (Fsp3) is 0.385. The maximum atomic E-state index is 14.1.